The van der Waals surface area contributed by atoms with Crippen LogP contribution in [0.3, 0.4) is 0 Å². The molecule has 0 fully saturated rings. The van der Waals surface area contributed by atoms with Crippen LogP contribution in [-0.2, 0) is 38.0 Å². The van der Waals surface area contributed by atoms with E-state index in [4.69, 9.17) is 28.4 Å². The molecule has 0 rings (SSSR count). The standard InChI is InChI=1S/C59H109NO8/c1-6-11-16-20-28-39-52-65-58(66-53-40-29-21-17-12-7-2)45-43-56(61)63-50-37-32-24-26-35-48-60(47-34-15-10-5)49-36-27-25-33-38-51-64-57(62)44-46-59(67-54-41-30-22-18-13-8-3)68-55-42-31-23-19-14-9-4/h11-14,16-19,58-59H,6-10,15,20-55H2,1-5H3/b16-11-,17-12-,18-13-,19-14-. The van der Waals surface area contributed by atoms with Gasteiger partial charge in [0.1, 0.15) is 0 Å². The minimum absolute atomic E-state index is 0.149. The van der Waals surface area contributed by atoms with Crippen LogP contribution in [-0.4, -0.2) is 88.7 Å². The largest absolute Gasteiger partial charge is 0.466 e. The molecular formula is C59H109NO8. The molecule has 0 N–H and O–H groups in total. The van der Waals surface area contributed by atoms with Crippen molar-refractivity contribution in [3.05, 3.63) is 48.6 Å². The highest BCUT2D eigenvalue weighted by Gasteiger charge is 2.15. The number of carbonyl (C=O) groups is 2. The van der Waals surface area contributed by atoms with Crippen LogP contribution in [0.4, 0.5) is 0 Å². The lowest BCUT2D eigenvalue weighted by atomic mass is 10.1. The van der Waals surface area contributed by atoms with Gasteiger partial charge in [-0.05, 0) is 154 Å². The number of nitrogens with zero attached hydrogens (tertiary/aromatic N) is 1. The Hall–Kier alpha value is -2.30. The average Bonchev–Trinajstić information content (AvgIpc) is 3.34. The molecule has 0 radical (unpaired) electrons. The lowest BCUT2D eigenvalue weighted by molar-refractivity contribution is -0.159. The summed E-state index contributed by atoms with van der Waals surface area (Å²) < 4.78 is 35.5. The Morgan fingerprint density at radius 2 is 0.647 bits per heavy atom. The maximum absolute atomic E-state index is 12.6. The fourth-order valence-electron chi connectivity index (χ4n) is 7.73. The van der Waals surface area contributed by atoms with Gasteiger partial charge in [-0.2, -0.15) is 0 Å². The molecule has 0 atom stereocenters. The molecule has 0 amide bonds. The Morgan fingerprint density at radius 3 is 0.971 bits per heavy atom. The van der Waals surface area contributed by atoms with Crippen LogP contribution in [0, 0.1) is 0 Å². The van der Waals surface area contributed by atoms with E-state index < -0.39 is 0 Å². The third-order valence-corrected chi connectivity index (χ3v) is 11.9. The predicted octanol–water partition coefficient (Wildman–Crippen LogP) is 16.3. The van der Waals surface area contributed by atoms with Crippen molar-refractivity contribution in [2.45, 2.75) is 259 Å². The van der Waals surface area contributed by atoms with E-state index in [1.165, 1.54) is 64.3 Å². The summed E-state index contributed by atoms with van der Waals surface area (Å²) in [4.78, 5) is 27.8. The smallest absolute Gasteiger partial charge is 0.305 e. The van der Waals surface area contributed by atoms with Crippen LogP contribution in [0.25, 0.3) is 0 Å². The van der Waals surface area contributed by atoms with Crippen LogP contribution in [0.15, 0.2) is 48.6 Å². The predicted molar refractivity (Wildman–Crippen MR) is 287 cm³/mol. The Labute approximate surface area is 420 Å². The first-order chi connectivity index (χ1) is 33.5. The molecule has 0 bridgehead atoms. The monoisotopic (exact) mass is 960 g/mol. The van der Waals surface area contributed by atoms with Gasteiger partial charge in [0.05, 0.1) is 26.1 Å². The molecule has 0 aromatic heterocycles. The Morgan fingerprint density at radius 1 is 0.353 bits per heavy atom. The van der Waals surface area contributed by atoms with E-state index in [1.807, 2.05) is 0 Å². The summed E-state index contributed by atoms with van der Waals surface area (Å²) in [6.07, 6.45) is 50.9. The summed E-state index contributed by atoms with van der Waals surface area (Å²) in [5.41, 5.74) is 0. The van der Waals surface area contributed by atoms with E-state index in [0.717, 1.165) is 142 Å². The zero-order valence-electron chi connectivity index (χ0n) is 45.2. The van der Waals surface area contributed by atoms with Crippen molar-refractivity contribution in [3.8, 4) is 0 Å². The first-order valence-electron chi connectivity index (χ1n) is 28.6. The van der Waals surface area contributed by atoms with Gasteiger partial charge in [0.15, 0.2) is 12.6 Å². The maximum atomic E-state index is 12.6. The second kappa shape index (κ2) is 55.6. The number of hydrogen-bond acceptors (Lipinski definition) is 9. The maximum Gasteiger partial charge on any atom is 0.305 e. The molecular weight excluding hydrogens is 851 g/mol. The molecule has 9 heteroatoms. The van der Waals surface area contributed by atoms with Crippen molar-refractivity contribution in [3.63, 3.8) is 0 Å². The van der Waals surface area contributed by atoms with E-state index in [9.17, 15) is 9.59 Å². The second-order valence-electron chi connectivity index (χ2n) is 18.4. The highest BCUT2D eigenvalue weighted by Crippen LogP contribution is 2.14. The topological polar surface area (TPSA) is 92.8 Å². The van der Waals surface area contributed by atoms with Crippen LogP contribution < -0.4 is 0 Å². The molecule has 0 aromatic rings. The van der Waals surface area contributed by atoms with E-state index in [-0.39, 0.29) is 24.5 Å². The molecule has 0 aliphatic rings. The normalized spacial score (nSPS) is 12.2. The Balaban J connectivity index is 4.31. The lowest BCUT2D eigenvalue weighted by Crippen LogP contribution is -2.27. The summed E-state index contributed by atoms with van der Waals surface area (Å²) in [6, 6.07) is 0. The molecule has 0 spiro atoms. The van der Waals surface area contributed by atoms with Crippen molar-refractivity contribution in [2.24, 2.45) is 0 Å². The summed E-state index contributed by atoms with van der Waals surface area (Å²) in [7, 11) is 0. The van der Waals surface area contributed by atoms with E-state index in [0.29, 0.717) is 65.3 Å². The van der Waals surface area contributed by atoms with Gasteiger partial charge < -0.3 is 33.3 Å². The third-order valence-electron chi connectivity index (χ3n) is 11.9. The number of unbranched alkanes of at least 4 members (excludes halogenated alkanes) is 18. The number of esters is 2. The molecule has 0 aliphatic carbocycles. The Bertz CT molecular complexity index is 1040. The number of rotatable bonds is 54. The van der Waals surface area contributed by atoms with Gasteiger partial charge >= 0.3 is 11.9 Å². The molecule has 0 saturated heterocycles. The molecule has 0 aromatic carbocycles. The van der Waals surface area contributed by atoms with Gasteiger partial charge in [0, 0.05) is 39.3 Å². The number of ether oxygens (including phenoxy) is 6. The second-order valence-corrected chi connectivity index (χ2v) is 18.4. The first kappa shape index (κ1) is 65.7. The van der Waals surface area contributed by atoms with Gasteiger partial charge in [-0.15, -0.1) is 0 Å². The van der Waals surface area contributed by atoms with Crippen LogP contribution in [0.5, 0.6) is 0 Å². The van der Waals surface area contributed by atoms with Crippen LogP contribution >= 0.6 is 0 Å². The highest BCUT2D eigenvalue weighted by atomic mass is 16.7. The molecule has 0 unspecified atom stereocenters. The quantitative estimate of drug-likeness (QED) is 0.0256. The summed E-state index contributed by atoms with van der Waals surface area (Å²) in [6.45, 7) is 18.0. The van der Waals surface area contributed by atoms with Gasteiger partial charge in [0.2, 0.25) is 0 Å². The van der Waals surface area contributed by atoms with E-state index in [1.54, 1.807) is 0 Å². The van der Waals surface area contributed by atoms with Crippen molar-refractivity contribution in [1.29, 1.82) is 0 Å². The number of hydrogen-bond donors (Lipinski definition) is 0. The van der Waals surface area contributed by atoms with E-state index >= 15 is 0 Å². The zero-order chi connectivity index (χ0) is 49.5. The Kier molecular flexibility index (Phi) is 53.7. The van der Waals surface area contributed by atoms with Crippen molar-refractivity contribution < 1.29 is 38.0 Å². The fourth-order valence-corrected chi connectivity index (χ4v) is 7.73. The summed E-state index contributed by atoms with van der Waals surface area (Å²) >= 11 is 0. The molecule has 9 nitrogen and oxygen atoms in total. The fraction of sp³-hybridized carbons (Fsp3) is 0.831. The summed E-state index contributed by atoms with van der Waals surface area (Å²) in [5, 5.41) is 0. The summed E-state index contributed by atoms with van der Waals surface area (Å²) in [5.74, 6) is -0.298. The van der Waals surface area contributed by atoms with Gasteiger partial charge in [0.25, 0.3) is 0 Å². The van der Waals surface area contributed by atoms with Crippen molar-refractivity contribution in [2.75, 3.05) is 59.3 Å². The van der Waals surface area contributed by atoms with Crippen molar-refractivity contribution in [1.82, 2.24) is 4.90 Å². The molecule has 0 aliphatic heterocycles. The minimum atomic E-state index is -0.349. The van der Waals surface area contributed by atoms with Gasteiger partial charge in [-0.25, -0.2) is 0 Å². The first-order valence-corrected chi connectivity index (χ1v) is 28.6. The molecule has 0 saturated carbocycles. The van der Waals surface area contributed by atoms with Crippen LogP contribution in [0.1, 0.15) is 247 Å². The molecule has 0 heterocycles. The number of allylic oxidation sites excluding steroid dienone is 8. The van der Waals surface area contributed by atoms with E-state index in [2.05, 4.69) is 88.1 Å². The minimum Gasteiger partial charge on any atom is -0.466 e. The van der Waals surface area contributed by atoms with Gasteiger partial charge in [-0.3, -0.25) is 9.59 Å². The average molecular weight is 961 g/mol. The zero-order valence-corrected chi connectivity index (χ0v) is 45.2. The van der Waals surface area contributed by atoms with Gasteiger partial charge in [-0.1, -0.05) is 135 Å². The SMILES string of the molecule is CC/C=C\CCCCOC(CCC(=O)OCCCCCCCN(CCCCC)CCCCCCCOC(=O)CCC(OCCCC/C=C\CC)OCCCC/C=C\CC)OCCCC/C=C\CC. The number of carbonyl (C=O) groups excluding carboxylic acids is 2. The van der Waals surface area contributed by atoms with Crippen molar-refractivity contribution >= 4 is 11.9 Å². The van der Waals surface area contributed by atoms with Crippen LogP contribution in [0.2, 0.25) is 0 Å². The molecule has 68 heavy (non-hydrogen) atoms. The molecule has 398 valence electrons. The lowest BCUT2D eigenvalue weighted by Gasteiger charge is -2.22. The third kappa shape index (κ3) is 50.1. The highest BCUT2D eigenvalue weighted by molar-refractivity contribution is 5.69.